The number of benzene rings is 2. The van der Waals surface area contributed by atoms with Crippen molar-refractivity contribution in [3.05, 3.63) is 66.2 Å². The van der Waals surface area contributed by atoms with Crippen molar-refractivity contribution in [3.8, 4) is 0 Å². The van der Waals surface area contributed by atoms with E-state index in [9.17, 15) is 13.2 Å². The van der Waals surface area contributed by atoms with E-state index in [1.54, 1.807) is 24.3 Å². The monoisotopic (exact) mass is 360 g/mol. The van der Waals surface area contributed by atoms with Crippen molar-refractivity contribution < 1.29 is 13.2 Å². The summed E-state index contributed by atoms with van der Waals surface area (Å²) in [6, 6.07) is 18.6. The second-order valence-electron chi connectivity index (χ2n) is 5.97. The molecule has 2 aromatic rings. The van der Waals surface area contributed by atoms with Crippen LogP contribution in [0.2, 0.25) is 0 Å². The molecule has 6 heteroatoms. The van der Waals surface area contributed by atoms with Crippen LogP contribution in [0.3, 0.4) is 0 Å². The number of amides is 1. The third kappa shape index (κ3) is 5.90. The maximum atomic E-state index is 12.1. The minimum Gasteiger partial charge on any atom is -0.350 e. The van der Waals surface area contributed by atoms with E-state index < -0.39 is 10.0 Å². The van der Waals surface area contributed by atoms with Gasteiger partial charge in [0.25, 0.3) is 0 Å². The van der Waals surface area contributed by atoms with Crippen molar-refractivity contribution in [2.75, 3.05) is 17.1 Å². The lowest BCUT2D eigenvalue weighted by Gasteiger charge is -2.22. The Bertz CT molecular complexity index is 777. The van der Waals surface area contributed by atoms with Gasteiger partial charge in [-0.2, -0.15) is 0 Å². The van der Waals surface area contributed by atoms with Crippen LogP contribution in [0.15, 0.2) is 60.7 Å². The fraction of sp³-hybridized carbons (Fsp3) is 0.316. The van der Waals surface area contributed by atoms with Gasteiger partial charge in [-0.15, -0.1) is 0 Å². The van der Waals surface area contributed by atoms with E-state index in [2.05, 4.69) is 5.32 Å². The van der Waals surface area contributed by atoms with Crippen molar-refractivity contribution in [1.29, 1.82) is 0 Å². The first-order chi connectivity index (χ1) is 11.9. The van der Waals surface area contributed by atoms with Gasteiger partial charge in [0, 0.05) is 13.0 Å². The lowest BCUT2D eigenvalue weighted by molar-refractivity contribution is -0.121. The highest BCUT2D eigenvalue weighted by atomic mass is 32.2. The fourth-order valence-electron chi connectivity index (χ4n) is 2.60. The summed E-state index contributed by atoms with van der Waals surface area (Å²) in [5.41, 5.74) is 1.65. The molecule has 134 valence electrons. The highest BCUT2D eigenvalue weighted by molar-refractivity contribution is 7.92. The smallest absolute Gasteiger partial charge is 0.232 e. The lowest BCUT2D eigenvalue weighted by atomic mass is 10.1. The normalized spacial score (nSPS) is 12.4. The largest absolute Gasteiger partial charge is 0.350 e. The summed E-state index contributed by atoms with van der Waals surface area (Å²) in [4.78, 5) is 12.1. The van der Waals surface area contributed by atoms with E-state index in [-0.39, 0.29) is 24.9 Å². The first-order valence-corrected chi connectivity index (χ1v) is 10.1. The predicted octanol–water partition coefficient (Wildman–Crippen LogP) is 3.11. The molecule has 0 spiro atoms. The van der Waals surface area contributed by atoms with Gasteiger partial charge in [-0.25, -0.2) is 8.42 Å². The molecular formula is C19H24N2O3S. The molecule has 25 heavy (non-hydrogen) atoms. The van der Waals surface area contributed by atoms with Crippen molar-refractivity contribution in [3.63, 3.8) is 0 Å². The second-order valence-corrected chi connectivity index (χ2v) is 7.88. The van der Waals surface area contributed by atoms with E-state index in [1.807, 2.05) is 43.3 Å². The van der Waals surface area contributed by atoms with Crippen molar-refractivity contribution in [2.45, 2.75) is 25.8 Å². The van der Waals surface area contributed by atoms with E-state index in [1.165, 1.54) is 10.6 Å². The number of hydrogen-bond acceptors (Lipinski definition) is 3. The maximum absolute atomic E-state index is 12.1. The summed E-state index contributed by atoms with van der Waals surface area (Å²) >= 11 is 0. The molecule has 0 radical (unpaired) electrons. The molecule has 0 bridgehead atoms. The minimum atomic E-state index is -3.38. The first kappa shape index (κ1) is 19.0. The van der Waals surface area contributed by atoms with Crippen LogP contribution in [0.25, 0.3) is 0 Å². The van der Waals surface area contributed by atoms with Gasteiger partial charge in [-0.3, -0.25) is 9.10 Å². The van der Waals surface area contributed by atoms with E-state index in [0.29, 0.717) is 12.1 Å². The Hall–Kier alpha value is -2.34. The van der Waals surface area contributed by atoms with E-state index in [4.69, 9.17) is 0 Å². The average molecular weight is 360 g/mol. The number of sulfonamides is 1. The molecule has 1 atom stereocenters. The number of para-hydroxylation sites is 1. The summed E-state index contributed by atoms with van der Waals surface area (Å²) in [6.45, 7) is 2.20. The molecule has 1 amide bonds. The van der Waals surface area contributed by atoms with Crippen LogP contribution >= 0.6 is 0 Å². The van der Waals surface area contributed by atoms with Crippen LogP contribution in [-0.4, -0.2) is 27.1 Å². The van der Waals surface area contributed by atoms with Crippen LogP contribution in [-0.2, 0) is 14.8 Å². The van der Waals surface area contributed by atoms with E-state index in [0.717, 1.165) is 5.56 Å². The Morgan fingerprint density at radius 1 is 1.04 bits per heavy atom. The van der Waals surface area contributed by atoms with Crippen molar-refractivity contribution in [1.82, 2.24) is 5.32 Å². The fourth-order valence-corrected chi connectivity index (χ4v) is 3.57. The molecule has 0 saturated carbocycles. The molecule has 2 aromatic carbocycles. The van der Waals surface area contributed by atoms with Crippen LogP contribution in [0.1, 0.15) is 31.4 Å². The number of nitrogens with zero attached hydrogens (tertiary/aromatic N) is 1. The van der Waals surface area contributed by atoms with Crippen molar-refractivity contribution in [2.24, 2.45) is 0 Å². The molecule has 0 aromatic heterocycles. The van der Waals surface area contributed by atoms with Gasteiger partial charge in [0.1, 0.15) is 0 Å². The van der Waals surface area contributed by atoms with Gasteiger partial charge in [0.2, 0.25) is 15.9 Å². The topological polar surface area (TPSA) is 66.5 Å². The van der Waals surface area contributed by atoms with Gasteiger partial charge in [0.15, 0.2) is 0 Å². The maximum Gasteiger partial charge on any atom is 0.232 e. The lowest BCUT2D eigenvalue weighted by Crippen LogP contribution is -2.32. The Labute approximate surface area is 149 Å². The zero-order valence-electron chi connectivity index (χ0n) is 14.6. The highest BCUT2D eigenvalue weighted by Crippen LogP contribution is 2.17. The first-order valence-electron chi connectivity index (χ1n) is 8.25. The molecule has 0 unspecified atom stereocenters. The number of carbonyl (C=O) groups is 1. The molecule has 0 aliphatic carbocycles. The van der Waals surface area contributed by atoms with Crippen LogP contribution in [0.4, 0.5) is 5.69 Å². The highest BCUT2D eigenvalue weighted by Gasteiger charge is 2.17. The summed E-state index contributed by atoms with van der Waals surface area (Å²) in [6.07, 6.45) is 1.91. The molecule has 1 N–H and O–H groups in total. The summed E-state index contributed by atoms with van der Waals surface area (Å²) in [5.74, 6) is -0.0853. The average Bonchev–Trinajstić information content (AvgIpc) is 2.59. The molecule has 0 heterocycles. The zero-order valence-corrected chi connectivity index (χ0v) is 15.4. The molecule has 0 saturated heterocycles. The summed E-state index contributed by atoms with van der Waals surface area (Å²) in [5, 5.41) is 2.94. The number of anilines is 1. The van der Waals surface area contributed by atoms with Crippen LogP contribution in [0, 0.1) is 0 Å². The Morgan fingerprint density at radius 3 is 2.16 bits per heavy atom. The quantitative estimate of drug-likeness (QED) is 0.786. The summed E-state index contributed by atoms with van der Waals surface area (Å²) < 4.78 is 25.3. The second kappa shape index (κ2) is 8.67. The minimum absolute atomic E-state index is 0.0752. The van der Waals surface area contributed by atoms with Crippen LogP contribution < -0.4 is 9.62 Å². The zero-order chi connectivity index (χ0) is 18.3. The number of carbonyl (C=O) groups excluding carboxylic acids is 1. The van der Waals surface area contributed by atoms with Gasteiger partial charge in [-0.1, -0.05) is 48.5 Å². The van der Waals surface area contributed by atoms with Crippen molar-refractivity contribution >= 4 is 21.6 Å². The van der Waals surface area contributed by atoms with Crippen LogP contribution in [0.5, 0.6) is 0 Å². The third-order valence-electron chi connectivity index (χ3n) is 3.89. The molecule has 5 nitrogen and oxygen atoms in total. The molecule has 2 rings (SSSR count). The standard InChI is InChI=1S/C19H24N2O3S/c1-16(17-10-5-3-6-11-17)20-19(22)14-9-15-21(25(2,23)24)18-12-7-4-8-13-18/h3-8,10-13,16H,9,14-15H2,1-2H3,(H,20,22)/t16-/m1/s1. The number of nitrogens with one attached hydrogen (secondary N) is 1. The molecule has 0 aliphatic rings. The Balaban J connectivity index is 1.88. The molecule has 0 fully saturated rings. The number of hydrogen-bond donors (Lipinski definition) is 1. The van der Waals surface area contributed by atoms with Gasteiger partial charge in [-0.05, 0) is 31.0 Å². The SMILES string of the molecule is C[C@@H](NC(=O)CCCN(c1ccccc1)S(C)(=O)=O)c1ccccc1. The van der Waals surface area contributed by atoms with Gasteiger partial charge in [0.05, 0.1) is 18.0 Å². The Kier molecular flexibility index (Phi) is 6.58. The summed E-state index contributed by atoms with van der Waals surface area (Å²) in [7, 11) is -3.38. The van der Waals surface area contributed by atoms with Gasteiger partial charge >= 0.3 is 0 Å². The predicted molar refractivity (Wildman–Crippen MR) is 101 cm³/mol. The number of rotatable bonds is 8. The Morgan fingerprint density at radius 2 is 1.60 bits per heavy atom. The molecule has 0 aliphatic heterocycles. The van der Waals surface area contributed by atoms with Gasteiger partial charge < -0.3 is 5.32 Å². The molecular weight excluding hydrogens is 336 g/mol. The third-order valence-corrected chi connectivity index (χ3v) is 5.08. The van der Waals surface area contributed by atoms with E-state index >= 15 is 0 Å².